The molecule has 1 unspecified atom stereocenters. The molecule has 108 valence electrons. The van der Waals surface area contributed by atoms with Crippen molar-refractivity contribution < 1.29 is 19.4 Å². The number of carboxylic acid groups (broad SMARTS) is 1. The summed E-state index contributed by atoms with van der Waals surface area (Å²) in [6, 6.07) is 6.57. The van der Waals surface area contributed by atoms with Crippen LogP contribution in [0.4, 0.5) is 0 Å². The molecule has 0 bridgehead atoms. The van der Waals surface area contributed by atoms with Gasteiger partial charge in [-0.1, -0.05) is 11.6 Å². The van der Waals surface area contributed by atoms with Crippen molar-refractivity contribution in [3.05, 3.63) is 34.9 Å². The molecule has 20 heavy (non-hydrogen) atoms. The Morgan fingerprint density at radius 2 is 2.05 bits per heavy atom. The van der Waals surface area contributed by atoms with E-state index in [0.717, 1.165) is 0 Å². The van der Waals surface area contributed by atoms with E-state index in [1.807, 2.05) is 0 Å². The second-order valence-corrected chi connectivity index (χ2v) is 5.44. The highest BCUT2D eigenvalue weighted by Gasteiger charge is 2.46. The molecule has 1 N–H and O–H groups in total. The summed E-state index contributed by atoms with van der Waals surface area (Å²) in [4.78, 5) is 25.3. The van der Waals surface area contributed by atoms with Crippen LogP contribution in [0.2, 0.25) is 5.02 Å². The minimum absolute atomic E-state index is 0.104. The maximum absolute atomic E-state index is 12.3. The molecule has 1 aliphatic heterocycles. The number of carbonyl (C=O) groups excluding carboxylic acids is 1. The van der Waals surface area contributed by atoms with Crippen molar-refractivity contribution in [1.29, 1.82) is 0 Å². The summed E-state index contributed by atoms with van der Waals surface area (Å²) in [5.74, 6) is -1.10. The van der Waals surface area contributed by atoms with Crippen LogP contribution in [0.5, 0.6) is 0 Å². The number of likely N-dealkylation sites (tertiary alicyclic amines) is 1. The van der Waals surface area contributed by atoms with Crippen LogP contribution >= 0.6 is 11.6 Å². The van der Waals surface area contributed by atoms with Gasteiger partial charge in [0.15, 0.2) is 0 Å². The summed E-state index contributed by atoms with van der Waals surface area (Å²) >= 11 is 5.78. The lowest BCUT2D eigenvalue weighted by atomic mass is 9.88. The third kappa shape index (κ3) is 2.78. The lowest BCUT2D eigenvalue weighted by Gasteiger charge is -2.23. The second-order valence-electron chi connectivity index (χ2n) is 5.00. The molecule has 1 fully saturated rings. The van der Waals surface area contributed by atoms with E-state index < -0.39 is 11.4 Å². The maximum atomic E-state index is 12.3. The van der Waals surface area contributed by atoms with E-state index in [1.54, 1.807) is 29.2 Å². The molecule has 1 aromatic rings. The van der Waals surface area contributed by atoms with Crippen molar-refractivity contribution in [1.82, 2.24) is 4.90 Å². The van der Waals surface area contributed by atoms with Crippen molar-refractivity contribution in [3.8, 4) is 0 Å². The van der Waals surface area contributed by atoms with E-state index in [4.69, 9.17) is 16.3 Å². The van der Waals surface area contributed by atoms with E-state index in [9.17, 15) is 14.7 Å². The first kappa shape index (κ1) is 14.8. The number of methoxy groups -OCH3 is 1. The van der Waals surface area contributed by atoms with E-state index in [0.29, 0.717) is 23.6 Å². The third-order valence-corrected chi connectivity index (χ3v) is 3.86. The average molecular weight is 298 g/mol. The summed E-state index contributed by atoms with van der Waals surface area (Å²) in [5, 5.41) is 9.92. The molecule has 5 nitrogen and oxygen atoms in total. The first-order chi connectivity index (χ1) is 9.48. The van der Waals surface area contributed by atoms with E-state index in [1.165, 1.54) is 7.11 Å². The monoisotopic (exact) mass is 297 g/mol. The number of carbonyl (C=O) groups is 2. The Hall–Kier alpha value is -1.59. The molecule has 1 amide bonds. The fourth-order valence-corrected chi connectivity index (χ4v) is 2.58. The van der Waals surface area contributed by atoms with Gasteiger partial charge in [0.1, 0.15) is 5.41 Å². The smallest absolute Gasteiger partial charge is 0.313 e. The lowest BCUT2D eigenvalue weighted by molar-refractivity contribution is -0.151. The Labute approximate surface area is 122 Å². The number of rotatable bonds is 4. The minimum Gasteiger partial charge on any atom is -0.481 e. The molecule has 1 heterocycles. The molecule has 1 aromatic carbocycles. The number of nitrogens with zero attached hydrogens (tertiary/aromatic N) is 1. The number of aliphatic carboxylic acids is 1. The van der Waals surface area contributed by atoms with Gasteiger partial charge < -0.3 is 14.7 Å². The quantitative estimate of drug-likeness (QED) is 0.922. The van der Waals surface area contributed by atoms with Crippen LogP contribution in [0.1, 0.15) is 16.8 Å². The Kier molecular flexibility index (Phi) is 4.30. The molecule has 1 atom stereocenters. The predicted octanol–water partition coefficient (Wildman–Crippen LogP) is 1.90. The van der Waals surface area contributed by atoms with E-state index in [2.05, 4.69) is 0 Å². The molecule has 0 aromatic heterocycles. The molecule has 2 rings (SSSR count). The van der Waals surface area contributed by atoms with Gasteiger partial charge in [0.05, 0.1) is 6.61 Å². The number of hydrogen-bond acceptors (Lipinski definition) is 3. The summed E-state index contributed by atoms with van der Waals surface area (Å²) < 4.78 is 5.00. The van der Waals surface area contributed by atoms with Crippen molar-refractivity contribution in [2.45, 2.75) is 6.42 Å². The zero-order valence-corrected chi connectivity index (χ0v) is 11.9. The topological polar surface area (TPSA) is 66.8 Å². The average Bonchev–Trinajstić information content (AvgIpc) is 2.85. The van der Waals surface area contributed by atoms with Gasteiger partial charge in [0.2, 0.25) is 0 Å². The zero-order chi connectivity index (χ0) is 14.8. The van der Waals surface area contributed by atoms with E-state index >= 15 is 0 Å². The molecule has 1 aliphatic rings. The number of halogens is 1. The SMILES string of the molecule is COCC1(C(=O)O)CCN(C(=O)c2ccc(Cl)cc2)C1. The van der Waals surface area contributed by atoms with Crippen LogP contribution in [0.3, 0.4) is 0 Å². The summed E-state index contributed by atoms with van der Waals surface area (Å²) in [6.45, 7) is 0.682. The number of hydrogen-bond donors (Lipinski definition) is 1. The van der Waals surface area contributed by atoms with Gasteiger partial charge in [-0.3, -0.25) is 9.59 Å². The van der Waals surface area contributed by atoms with Crippen LogP contribution < -0.4 is 0 Å². The predicted molar refractivity (Wildman–Crippen MR) is 73.9 cm³/mol. The molecular formula is C14H16ClNO4. The van der Waals surface area contributed by atoms with Gasteiger partial charge in [-0.05, 0) is 30.7 Å². The van der Waals surface area contributed by atoms with Crippen LogP contribution in [-0.2, 0) is 9.53 Å². The number of benzene rings is 1. The van der Waals surface area contributed by atoms with Gasteiger partial charge in [0, 0.05) is 30.8 Å². The first-order valence-electron chi connectivity index (χ1n) is 6.26. The molecular weight excluding hydrogens is 282 g/mol. The van der Waals surface area contributed by atoms with Crippen LogP contribution in [0.15, 0.2) is 24.3 Å². The normalized spacial score (nSPS) is 22.0. The summed E-state index contributed by atoms with van der Waals surface area (Å²) in [5.41, 5.74) is -0.496. The Balaban J connectivity index is 2.14. The molecule has 1 saturated heterocycles. The van der Waals surface area contributed by atoms with Gasteiger partial charge in [-0.2, -0.15) is 0 Å². The lowest BCUT2D eigenvalue weighted by Crippen LogP contribution is -2.40. The largest absolute Gasteiger partial charge is 0.481 e. The van der Waals surface area contributed by atoms with Crippen molar-refractivity contribution in [2.24, 2.45) is 5.41 Å². The summed E-state index contributed by atoms with van der Waals surface area (Å²) in [6.07, 6.45) is 0.398. The number of carboxylic acids is 1. The van der Waals surface area contributed by atoms with Crippen molar-refractivity contribution in [3.63, 3.8) is 0 Å². The van der Waals surface area contributed by atoms with Crippen molar-refractivity contribution in [2.75, 3.05) is 26.8 Å². The Morgan fingerprint density at radius 1 is 1.40 bits per heavy atom. The van der Waals surface area contributed by atoms with Crippen LogP contribution in [0, 0.1) is 5.41 Å². The molecule has 0 radical (unpaired) electrons. The molecule has 0 spiro atoms. The second kappa shape index (κ2) is 5.81. The van der Waals surface area contributed by atoms with Gasteiger partial charge in [-0.15, -0.1) is 0 Å². The summed E-state index contributed by atoms with van der Waals surface area (Å²) in [7, 11) is 1.47. The minimum atomic E-state index is -1.00. The van der Waals surface area contributed by atoms with Crippen LogP contribution in [0.25, 0.3) is 0 Å². The van der Waals surface area contributed by atoms with Crippen LogP contribution in [-0.4, -0.2) is 48.7 Å². The van der Waals surface area contributed by atoms with Gasteiger partial charge in [-0.25, -0.2) is 0 Å². The highest BCUT2D eigenvalue weighted by molar-refractivity contribution is 6.30. The standard InChI is InChI=1S/C14H16ClNO4/c1-20-9-14(13(18)19)6-7-16(8-14)12(17)10-2-4-11(15)5-3-10/h2-5H,6-9H2,1H3,(H,18,19). The van der Waals surface area contributed by atoms with E-state index in [-0.39, 0.29) is 19.1 Å². The molecule has 0 saturated carbocycles. The van der Waals surface area contributed by atoms with Crippen molar-refractivity contribution >= 4 is 23.5 Å². The molecule has 0 aliphatic carbocycles. The fraction of sp³-hybridized carbons (Fsp3) is 0.429. The molecule has 6 heteroatoms. The maximum Gasteiger partial charge on any atom is 0.313 e. The third-order valence-electron chi connectivity index (χ3n) is 3.61. The fourth-order valence-electron chi connectivity index (χ4n) is 2.45. The highest BCUT2D eigenvalue weighted by Crippen LogP contribution is 2.32. The first-order valence-corrected chi connectivity index (χ1v) is 6.63. The number of ether oxygens (including phenoxy) is 1. The van der Waals surface area contributed by atoms with Gasteiger partial charge >= 0.3 is 5.97 Å². The highest BCUT2D eigenvalue weighted by atomic mass is 35.5. The van der Waals surface area contributed by atoms with Gasteiger partial charge in [0.25, 0.3) is 5.91 Å². The Bertz CT molecular complexity index is 516. The zero-order valence-electron chi connectivity index (χ0n) is 11.1. The Morgan fingerprint density at radius 3 is 2.60 bits per heavy atom. The number of amides is 1.